The summed E-state index contributed by atoms with van der Waals surface area (Å²) in [5.74, 6) is 1.02. The van der Waals surface area contributed by atoms with Crippen molar-refractivity contribution in [3.63, 3.8) is 0 Å². The van der Waals surface area contributed by atoms with Crippen LogP contribution in [0.5, 0.6) is 0 Å². The SMILES string of the molecule is CC1(C)C[C@]23C[C@H]4C[C@@]45[C@@]2(C[Si](C)(C)O3)C1=CC[Si]5(C)C. The van der Waals surface area contributed by atoms with Crippen LogP contribution in [0.1, 0.15) is 33.1 Å². The van der Waals surface area contributed by atoms with Gasteiger partial charge >= 0.3 is 0 Å². The summed E-state index contributed by atoms with van der Waals surface area (Å²) < 4.78 is 7.06. The molecule has 4 atom stereocenters. The largest absolute Gasteiger partial charge is 0.411 e. The molecular weight excluding hydrogens is 288 g/mol. The van der Waals surface area contributed by atoms with Gasteiger partial charge in [-0.3, -0.25) is 0 Å². The molecule has 2 aliphatic heterocycles. The lowest BCUT2D eigenvalue weighted by Gasteiger charge is -2.52. The highest BCUT2D eigenvalue weighted by Gasteiger charge is 2.90. The minimum absolute atomic E-state index is 0.256. The minimum atomic E-state index is -1.48. The summed E-state index contributed by atoms with van der Waals surface area (Å²) in [5, 5.41) is 0.721. The van der Waals surface area contributed by atoms with E-state index in [1.165, 1.54) is 24.9 Å². The summed E-state index contributed by atoms with van der Waals surface area (Å²) in [6.07, 6.45) is 7.00. The Morgan fingerprint density at radius 3 is 2.57 bits per heavy atom. The second-order valence-electron chi connectivity index (χ2n) is 10.8. The van der Waals surface area contributed by atoms with Crippen molar-refractivity contribution in [2.45, 2.75) is 82.0 Å². The standard InChI is InChI=1S/C18H30OSi2/c1-15(2)11-16-9-13-10-18(13)17(16,12-21(5,6)19-16)14(15)7-8-20(18,3)4/h7,13H,8-12H2,1-6H3/t13-,16+,17-,18-/m0/s1. The van der Waals surface area contributed by atoms with Gasteiger partial charge in [0.1, 0.15) is 0 Å². The van der Waals surface area contributed by atoms with Crippen molar-refractivity contribution < 1.29 is 4.43 Å². The molecule has 0 bridgehead atoms. The van der Waals surface area contributed by atoms with Gasteiger partial charge in [0.2, 0.25) is 0 Å². The van der Waals surface area contributed by atoms with Gasteiger partial charge in [-0.05, 0) is 60.8 Å². The van der Waals surface area contributed by atoms with Gasteiger partial charge in [0.25, 0.3) is 0 Å². The Kier molecular flexibility index (Phi) is 1.97. The van der Waals surface area contributed by atoms with Crippen molar-refractivity contribution in [1.29, 1.82) is 0 Å². The van der Waals surface area contributed by atoms with E-state index in [-0.39, 0.29) is 5.60 Å². The molecule has 1 nitrogen and oxygen atoms in total. The van der Waals surface area contributed by atoms with Gasteiger partial charge in [-0.25, -0.2) is 0 Å². The van der Waals surface area contributed by atoms with Gasteiger partial charge in [0, 0.05) is 5.41 Å². The van der Waals surface area contributed by atoms with Crippen molar-refractivity contribution in [2.75, 3.05) is 0 Å². The van der Waals surface area contributed by atoms with Crippen molar-refractivity contribution in [3.05, 3.63) is 11.6 Å². The van der Waals surface area contributed by atoms with Crippen molar-refractivity contribution in [3.8, 4) is 0 Å². The number of hydrogen-bond acceptors (Lipinski definition) is 1. The second-order valence-corrected chi connectivity index (χ2v) is 19.9. The molecule has 1 saturated heterocycles. The monoisotopic (exact) mass is 318 g/mol. The average Bonchev–Trinajstić information content (AvgIpc) is 2.80. The molecule has 0 N–H and O–H groups in total. The van der Waals surface area contributed by atoms with Crippen molar-refractivity contribution >= 4 is 16.4 Å². The van der Waals surface area contributed by atoms with Crippen molar-refractivity contribution in [1.82, 2.24) is 0 Å². The first-order valence-electron chi connectivity index (χ1n) is 8.94. The van der Waals surface area contributed by atoms with E-state index in [1.807, 2.05) is 5.57 Å². The third-order valence-electron chi connectivity index (χ3n) is 8.32. The van der Waals surface area contributed by atoms with Crippen LogP contribution in [0.3, 0.4) is 0 Å². The maximum Gasteiger partial charge on any atom is 0.188 e. The molecule has 21 heavy (non-hydrogen) atoms. The minimum Gasteiger partial charge on any atom is -0.411 e. The first-order valence-corrected chi connectivity index (χ1v) is 15.3. The highest BCUT2D eigenvalue weighted by Crippen LogP contribution is 2.95. The highest BCUT2D eigenvalue weighted by molar-refractivity contribution is 6.83. The number of allylic oxidation sites excluding steroid dienone is 1. The van der Waals surface area contributed by atoms with Crippen LogP contribution in [-0.4, -0.2) is 22.0 Å². The Morgan fingerprint density at radius 1 is 1.14 bits per heavy atom. The topological polar surface area (TPSA) is 9.23 Å². The summed E-state index contributed by atoms with van der Waals surface area (Å²) in [6.45, 7) is 15.4. The zero-order chi connectivity index (χ0) is 15.1. The summed E-state index contributed by atoms with van der Waals surface area (Å²) in [7, 11) is -2.65. The Labute approximate surface area is 131 Å². The normalized spacial score (nSPS) is 56.5. The lowest BCUT2D eigenvalue weighted by atomic mass is 9.70. The first kappa shape index (κ1) is 13.6. The molecule has 0 amide bonds. The smallest absolute Gasteiger partial charge is 0.188 e. The molecule has 2 spiro atoms. The number of hydrogen-bond donors (Lipinski definition) is 0. The molecule has 5 aliphatic rings. The van der Waals surface area contributed by atoms with Gasteiger partial charge in [-0.15, -0.1) is 0 Å². The van der Waals surface area contributed by atoms with Crippen LogP contribution in [0.25, 0.3) is 0 Å². The van der Waals surface area contributed by atoms with Crippen LogP contribution in [0.4, 0.5) is 0 Å². The van der Waals surface area contributed by atoms with Gasteiger partial charge in [0.15, 0.2) is 8.32 Å². The number of rotatable bonds is 0. The molecule has 4 fully saturated rings. The fraction of sp³-hybridized carbons (Fsp3) is 0.889. The van der Waals surface area contributed by atoms with Gasteiger partial charge in [-0.2, -0.15) is 0 Å². The first-order chi connectivity index (χ1) is 9.52. The molecule has 0 aromatic rings. The molecule has 3 heteroatoms. The van der Waals surface area contributed by atoms with Crippen LogP contribution in [0, 0.1) is 16.7 Å². The Hall–Kier alpha value is 0.134. The molecule has 116 valence electrons. The Bertz CT molecular complexity index is 604. The summed E-state index contributed by atoms with van der Waals surface area (Å²) in [5.41, 5.74) is 2.99. The summed E-state index contributed by atoms with van der Waals surface area (Å²) in [4.78, 5) is 0. The van der Waals surface area contributed by atoms with E-state index in [4.69, 9.17) is 4.43 Å². The predicted octanol–water partition coefficient (Wildman–Crippen LogP) is 5.19. The fourth-order valence-electron chi connectivity index (χ4n) is 8.35. The third-order valence-corrected chi connectivity index (χ3v) is 15.3. The van der Waals surface area contributed by atoms with Crippen LogP contribution >= 0.6 is 0 Å². The maximum atomic E-state index is 7.06. The molecule has 0 radical (unpaired) electrons. The van der Waals surface area contributed by atoms with Crippen LogP contribution in [-0.2, 0) is 4.43 Å². The van der Waals surface area contributed by atoms with Crippen molar-refractivity contribution in [2.24, 2.45) is 16.7 Å². The lowest BCUT2D eigenvalue weighted by Crippen LogP contribution is -2.52. The highest BCUT2D eigenvalue weighted by atomic mass is 28.4. The quantitative estimate of drug-likeness (QED) is 0.441. The van der Waals surface area contributed by atoms with E-state index in [2.05, 4.69) is 46.1 Å². The molecule has 0 aromatic carbocycles. The van der Waals surface area contributed by atoms with E-state index in [9.17, 15) is 0 Å². The zero-order valence-corrected chi connectivity index (χ0v) is 16.6. The molecular formula is C18H30OSi2. The van der Waals surface area contributed by atoms with E-state index < -0.39 is 16.4 Å². The van der Waals surface area contributed by atoms with Crippen LogP contribution < -0.4 is 0 Å². The van der Waals surface area contributed by atoms with E-state index in [0.717, 1.165) is 11.0 Å². The Morgan fingerprint density at radius 2 is 1.86 bits per heavy atom. The molecule has 5 rings (SSSR count). The average molecular weight is 319 g/mol. The van der Waals surface area contributed by atoms with Crippen LogP contribution in [0.2, 0.25) is 43.3 Å². The van der Waals surface area contributed by atoms with E-state index in [0.29, 0.717) is 10.8 Å². The van der Waals surface area contributed by atoms with E-state index >= 15 is 0 Å². The summed E-state index contributed by atoms with van der Waals surface area (Å²) >= 11 is 0. The lowest BCUT2D eigenvalue weighted by molar-refractivity contribution is 0.0163. The molecule has 3 saturated carbocycles. The molecule has 0 unspecified atom stereocenters. The molecule has 0 aromatic heterocycles. The van der Waals surface area contributed by atoms with E-state index in [1.54, 1.807) is 6.42 Å². The van der Waals surface area contributed by atoms with Gasteiger partial charge in [-0.1, -0.05) is 38.6 Å². The predicted molar refractivity (Wildman–Crippen MR) is 92.7 cm³/mol. The second kappa shape index (κ2) is 3.05. The van der Waals surface area contributed by atoms with Crippen LogP contribution in [0.15, 0.2) is 11.6 Å². The summed E-state index contributed by atoms with van der Waals surface area (Å²) in [6, 6.07) is 2.87. The molecule has 3 aliphatic carbocycles. The maximum absolute atomic E-state index is 7.06. The van der Waals surface area contributed by atoms with Gasteiger partial charge in [0.05, 0.1) is 13.7 Å². The zero-order valence-electron chi connectivity index (χ0n) is 14.6. The molecule has 2 heterocycles. The fourth-order valence-corrected chi connectivity index (χ4v) is 16.8. The third kappa shape index (κ3) is 1.11. The van der Waals surface area contributed by atoms with Gasteiger partial charge < -0.3 is 4.43 Å². The Balaban J connectivity index is 1.84.